The van der Waals surface area contributed by atoms with E-state index in [1.165, 1.54) is 17.5 Å². The first kappa shape index (κ1) is 14.3. The van der Waals surface area contributed by atoms with Gasteiger partial charge in [0.2, 0.25) is 0 Å². The van der Waals surface area contributed by atoms with Crippen molar-refractivity contribution in [3.63, 3.8) is 0 Å². The molecule has 21 heavy (non-hydrogen) atoms. The monoisotopic (exact) mass is 283 g/mol. The van der Waals surface area contributed by atoms with Crippen LogP contribution in [-0.4, -0.2) is 6.54 Å². The molecule has 0 bridgehead atoms. The van der Waals surface area contributed by atoms with Crippen molar-refractivity contribution in [3.8, 4) is 0 Å². The van der Waals surface area contributed by atoms with E-state index in [1.807, 2.05) is 6.07 Å². The van der Waals surface area contributed by atoms with Gasteiger partial charge >= 0.3 is 0 Å². The minimum atomic E-state index is -0.143. The molecule has 2 aromatic carbocycles. The van der Waals surface area contributed by atoms with Gasteiger partial charge in [-0.05, 0) is 60.5 Å². The highest BCUT2D eigenvalue weighted by molar-refractivity contribution is 5.34. The average Bonchev–Trinajstić information content (AvgIpc) is 3.29. The van der Waals surface area contributed by atoms with Crippen molar-refractivity contribution in [2.45, 2.75) is 32.2 Å². The van der Waals surface area contributed by atoms with Crippen molar-refractivity contribution in [1.82, 2.24) is 5.32 Å². The van der Waals surface area contributed by atoms with Crippen LogP contribution in [0.2, 0.25) is 0 Å². The van der Waals surface area contributed by atoms with E-state index < -0.39 is 0 Å². The van der Waals surface area contributed by atoms with Gasteiger partial charge in [0.1, 0.15) is 5.82 Å². The quantitative estimate of drug-likeness (QED) is 0.846. The van der Waals surface area contributed by atoms with E-state index in [2.05, 4.69) is 49.5 Å². The average molecular weight is 283 g/mol. The fourth-order valence-corrected chi connectivity index (χ4v) is 3.32. The van der Waals surface area contributed by atoms with Crippen LogP contribution >= 0.6 is 0 Å². The van der Waals surface area contributed by atoms with Gasteiger partial charge in [0.15, 0.2) is 0 Å². The summed E-state index contributed by atoms with van der Waals surface area (Å²) in [5, 5.41) is 3.56. The molecule has 1 aliphatic carbocycles. The zero-order chi connectivity index (χ0) is 14.8. The smallest absolute Gasteiger partial charge is 0.123 e. The van der Waals surface area contributed by atoms with Crippen molar-refractivity contribution in [2.24, 2.45) is 5.92 Å². The Kier molecular flexibility index (Phi) is 4.07. The minimum absolute atomic E-state index is 0.143. The number of nitrogens with one attached hydrogen (secondary N) is 1. The molecule has 0 aromatic heterocycles. The molecule has 3 unspecified atom stereocenters. The highest BCUT2D eigenvalue weighted by Crippen LogP contribution is 2.54. The standard InChI is InChI=1S/C19H22FN/c1-3-21-19(16-11-15(20)10-9-13(16)2)18-12-17(18)14-7-5-4-6-8-14/h4-11,17-19,21H,3,12H2,1-2H3. The van der Waals surface area contributed by atoms with E-state index in [4.69, 9.17) is 0 Å². The lowest BCUT2D eigenvalue weighted by Gasteiger charge is -2.21. The summed E-state index contributed by atoms with van der Waals surface area (Å²) >= 11 is 0. The lowest BCUT2D eigenvalue weighted by atomic mass is 9.95. The van der Waals surface area contributed by atoms with E-state index in [9.17, 15) is 4.39 Å². The van der Waals surface area contributed by atoms with Crippen molar-refractivity contribution in [1.29, 1.82) is 0 Å². The number of halogens is 1. The summed E-state index contributed by atoms with van der Waals surface area (Å²) in [5.41, 5.74) is 3.68. The van der Waals surface area contributed by atoms with Crippen LogP contribution in [0.3, 0.4) is 0 Å². The molecule has 1 aliphatic rings. The summed E-state index contributed by atoms with van der Waals surface area (Å²) in [7, 11) is 0. The third-order valence-electron chi connectivity index (χ3n) is 4.50. The lowest BCUT2D eigenvalue weighted by Crippen LogP contribution is -2.24. The Hall–Kier alpha value is -1.67. The van der Waals surface area contributed by atoms with E-state index >= 15 is 0 Å². The van der Waals surface area contributed by atoms with E-state index in [0.717, 1.165) is 12.1 Å². The summed E-state index contributed by atoms with van der Waals surface area (Å²) in [6, 6.07) is 16.0. The van der Waals surface area contributed by atoms with E-state index in [-0.39, 0.29) is 11.9 Å². The van der Waals surface area contributed by atoms with Crippen LogP contribution in [0.4, 0.5) is 4.39 Å². The summed E-state index contributed by atoms with van der Waals surface area (Å²) < 4.78 is 13.6. The molecule has 1 N–H and O–H groups in total. The SMILES string of the molecule is CCNC(c1cc(F)ccc1C)C1CC1c1ccccc1. The predicted molar refractivity (Wildman–Crippen MR) is 84.8 cm³/mol. The van der Waals surface area contributed by atoms with Gasteiger partial charge < -0.3 is 5.32 Å². The van der Waals surface area contributed by atoms with E-state index in [0.29, 0.717) is 11.8 Å². The van der Waals surface area contributed by atoms with Crippen LogP contribution in [0.1, 0.15) is 42.0 Å². The predicted octanol–water partition coefficient (Wildman–Crippen LogP) is 4.59. The third kappa shape index (κ3) is 3.01. The molecule has 3 atom stereocenters. The molecule has 0 spiro atoms. The molecular weight excluding hydrogens is 261 g/mol. The maximum absolute atomic E-state index is 13.6. The second-order valence-corrected chi connectivity index (χ2v) is 5.95. The minimum Gasteiger partial charge on any atom is -0.310 e. The molecule has 2 aromatic rings. The molecule has 0 heterocycles. The molecule has 3 rings (SSSR count). The number of hydrogen-bond acceptors (Lipinski definition) is 1. The maximum atomic E-state index is 13.6. The van der Waals surface area contributed by atoms with Crippen molar-refractivity contribution in [2.75, 3.05) is 6.54 Å². The third-order valence-corrected chi connectivity index (χ3v) is 4.50. The molecule has 1 fully saturated rings. The second kappa shape index (κ2) is 5.98. The van der Waals surface area contributed by atoms with Gasteiger partial charge in [0, 0.05) is 6.04 Å². The molecule has 1 nitrogen and oxygen atoms in total. The molecule has 0 saturated heterocycles. The Balaban J connectivity index is 1.85. The first-order valence-corrected chi connectivity index (χ1v) is 7.75. The van der Waals surface area contributed by atoms with Crippen LogP contribution in [-0.2, 0) is 0 Å². The first-order chi connectivity index (χ1) is 10.2. The summed E-state index contributed by atoms with van der Waals surface area (Å²) in [6.07, 6.45) is 1.18. The molecule has 110 valence electrons. The van der Waals surface area contributed by atoms with Crippen LogP contribution in [0.15, 0.2) is 48.5 Å². The lowest BCUT2D eigenvalue weighted by molar-refractivity contribution is 0.481. The van der Waals surface area contributed by atoms with Gasteiger partial charge in [0.25, 0.3) is 0 Å². The van der Waals surface area contributed by atoms with Gasteiger partial charge in [-0.1, -0.05) is 43.3 Å². The van der Waals surface area contributed by atoms with Crippen molar-refractivity contribution >= 4 is 0 Å². The van der Waals surface area contributed by atoms with Gasteiger partial charge in [-0.3, -0.25) is 0 Å². The Morgan fingerprint density at radius 3 is 2.67 bits per heavy atom. The Morgan fingerprint density at radius 2 is 1.95 bits per heavy atom. The summed E-state index contributed by atoms with van der Waals surface area (Å²) in [4.78, 5) is 0. The molecule has 0 radical (unpaired) electrons. The Bertz CT molecular complexity index is 608. The molecule has 0 amide bonds. The van der Waals surface area contributed by atoms with Crippen LogP contribution in [0, 0.1) is 18.7 Å². The fourth-order valence-electron chi connectivity index (χ4n) is 3.32. The van der Waals surface area contributed by atoms with Crippen LogP contribution < -0.4 is 5.32 Å². The van der Waals surface area contributed by atoms with Gasteiger partial charge in [-0.2, -0.15) is 0 Å². The zero-order valence-corrected chi connectivity index (χ0v) is 12.6. The highest BCUT2D eigenvalue weighted by Gasteiger charge is 2.44. The topological polar surface area (TPSA) is 12.0 Å². The van der Waals surface area contributed by atoms with E-state index in [1.54, 1.807) is 12.1 Å². The molecule has 1 saturated carbocycles. The number of hydrogen-bond donors (Lipinski definition) is 1. The number of aryl methyl sites for hydroxylation is 1. The molecule has 0 aliphatic heterocycles. The van der Waals surface area contributed by atoms with Gasteiger partial charge in [-0.25, -0.2) is 4.39 Å². The largest absolute Gasteiger partial charge is 0.310 e. The zero-order valence-electron chi connectivity index (χ0n) is 12.6. The fraction of sp³-hybridized carbons (Fsp3) is 0.368. The molecular formula is C19H22FN. The number of benzene rings is 2. The maximum Gasteiger partial charge on any atom is 0.123 e. The molecule has 2 heteroatoms. The highest BCUT2D eigenvalue weighted by atomic mass is 19.1. The van der Waals surface area contributed by atoms with Gasteiger partial charge in [-0.15, -0.1) is 0 Å². The first-order valence-electron chi connectivity index (χ1n) is 7.75. The van der Waals surface area contributed by atoms with Crippen LogP contribution in [0.25, 0.3) is 0 Å². The van der Waals surface area contributed by atoms with Crippen molar-refractivity contribution < 1.29 is 4.39 Å². The Labute approximate surface area is 126 Å². The number of rotatable bonds is 5. The second-order valence-electron chi connectivity index (χ2n) is 5.95. The van der Waals surface area contributed by atoms with Gasteiger partial charge in [0.05, 0.1) is 0 Å². The summed E-state index contributed by atoms with van der Waals surface area (Å²) in [6.45, 7) is 5.08. The normalized spacial score (nSPS) is 22.0. The Morgan fingerprint density at radius 1 is 1.19 bits per heavy atom. The van der Waals surface area contributed by atoms with Crippen molar-refractivity contribution in [3.05, 3.63) is 71.0 Å². The van der Waals surface area contributed by atoms with Crippen LogP contribution in [0.5, 0.6) is 0 Å². The summed E-state index contributed by atoms with van der Waals surface area (Å²) in [5.74, 6) is 1.01.